The van der Waals surface area contributed by atoms with Gasteiger partial charge in [0.2, 0.25) is 0 Å². The Hall–Kier alpha value is -1.81. The zero-order valence-corrected chi connectivity index (χ0v) is 11.1. The van der Waals surface area contributed by atoms with Crippen molar-refractivity contribution in [2.75, 3.05) is 13.7 Å². The van der Waals surface area contributed by atoms with Crippen molar-refractivity contribution in [3.8, 4) is 16.9 Å². The van der Waals surface area contributed by atoms with Crippen LogP contribution in [0.1, 0.15) is 11.4 Å². The third kappa shape index (κ3) is 2.24. The maximum Gasteiger partial charge on any atom is 0.119 e. The van der Waals surface area contributed by atoms with Crippen LogP contribution in [0.5, 0.6) is 5.75 Å². The van der Waals surface area contributed by atoms with Gasteiger partial charge >= 0.3 is 0 Å². The molecular formula is C14H19N3O. The number of hydrogen-bond donors (Lipinski definition) is 1. The van der Waals surface area contributed by atoms with E-state index in [4.69, 9.17) is 10.5 Å². The molecule has 0 aliphatic heterocycles. The maximum atomic E-state index is 5.65. The van der Waals surface area contributed by atoms with Crippen LogP contribution in [0.3, 0.4) is 0 Å². The van der Waals surface area contributed by atoms with E-state index in [0.29, 0.717) is 6.54 Å². The molecule has 4 heteroatoms. The molecule has 0 bridgehead atoms. The van der Waals surface area contributed by atoms with Crippen LogP contribution in [0.15, 0.2) is 24.3 Å². The lowest BCUT2D eigenvalue weighted by Crippen LogP contribution is -2.04. The highest BCUT2D eigenvalue weighted by atomic mass is 16.5. The number of benzene rings is 1. The van der Waals surface area contributed by atoms with Crippen molar-refractivity contribution in [1.29, 1.82) is 0 Å². The second kappa shape index (κ2) is 5.23. The largest absolute Gasteiger partial charge is 0.497 e. The molecule has 0 fully saturated rings. The SMILES string of the molecule is COc1cccc(-c2c(CCN)nn(C)c2C)c1. The van der Waals surface area contributed by atoms with Gasteiger partial charge in [-0.05, 0) is 31.2 Å². The quantitative estimate of drug-likeness (QED) is 0.895. The molecule has 0 radical (unpaired) electrons. The van der Waals surface area contributed by atoms with Gasteiger partial charge in [-0.15, -0.1) is 0 Å². The molecule has 18 heavy (non-hydrogen) atoms. The predicted molar refractivity (Wildman–Crippen MR) is 72.7 cm³/mol. The standard InChI is InChI=1S/C14H19N3O/c1-10-14(13(7-8-15)16-17(10)2)11-5-4-6-12(9-11)18-3/h4-6,9H,7-8,15H2,1-3H3. The minimum atomic E-state index is 0.605. The topological polar surface area (TPSA) is 53.1 Å². The Labute approximate surface area is 107 Å². The highest BCUT2D eigenvalue weighted by Gasteiger charge is 2.14. The fraction of sp³-hybridized carbons (Fsp3) is 0.357. The fourth-order valence-corrected chi connectivity index (χ4v) is 2.14. The summed E-state index contributed by atoms with van der Waals surface area (Å²) in [5.41, 5.74) is 10.1. The summed E-state index contributed by atoms with van der Waals surface area (Å²) < 4.78 is 7.17. The molecule has 0 amide bonds. The van der Waals surface area contributed by atoms with Crippen LogP contribution in [0, 0.1) is 6.92 Å². The van der Waals surface area contributed by atoms with E-state index in [2.05, 4.69) is 18.1 Å². The lowest BCUT2D eigenvalue weighted by Gasteiger charge is -2.06. The second-order valence-electron chi connectivity index (χ2n) is 4.30. The van der Waals surface area contributed by atoms with Gasteiger partial charge in [-0.25, -0.2) is 0 Å². The molecule has 1 aromatic carbocycles. The first kappa shape index (κ1) is 12.6. The molecule has 2 rings (SSSR count). The van der Waals surface area contributed by atoms with Crippen LogP contribution in [0.2, 0.25) is 0 Å². The Morgan fingerprint density at radius 3 is 2.83 bits per heavy atom. The van der Waals surface area contributed by atoms with Gasteiger partial charge in [-0.2, -0.15) is 5.10 Å². The molecule has 2 N–H and O–H groups in total. The van der Waals surface area contributed by atoms with E-state index in [1.165, 1.54) is 5.56 Å². The number of rotatable bonds is 4. The minimum Gasteiger partial charge on any atom is -0.497 e. The average molecular weight is 245 g/mol. The molecular weight excluding hydrogens is 226 g/mol. The van der Waals surface area contributed by atoms with Gasteiger partial charge in [0.25, 0.3) is 0 Å². The van der Waals surface area contributed by atoms with Crippen LogP contribution < -0.4 is 10.5 Å². The van der Waals surface area contributed by atoms with E-state index in [1.807, 2.05) is 29.9 Å². The van der Waals surface area contributed by atoms with Crippen LogP contribution in [-0.4, -0.2) is 23.4 Å². The number of ether oxygens (including phenoxy) is 1. The highest BCUT2D eigenvalue weighted by Crippen LogP contribution is 2.29. The Bertz CT molecular complexity index is 546. The lowest BCUT2D eigenvalue weighted by molar-refractivity contribution is 0.415. The number of aromatic nitrogens is 2. The van der Waals surface area contributed by atoms with Crippen molar-refractivity contribution in [2.45, 2.75) is 13.3 Å². The van der Waals surface area contributed by atoms with Crippen molar-refractivity contribution < 1.29 is 4.74 Å². The summed E-state index contributed by atoms with van der Waals surface area (Å²) in [6.45, 7) is 2.68. The summed E-state index contributed by atoms with van der Waals surface area (Å²) in [6, 6.07) is 8.04. The third-order valence-corrected chi connectivity index (χ3v) is 3.15. The van der Waals surface area contributed by atoms with Gasteiger partial charge in [-0.3, -0.25) is 4.68 Å². The smallest absolute Gasteiger partial charge is 0.119 e. The monoisotopic (exact) mass is 245 g/mol. The van der Waals surface area contributed by atoms with Crippen LogP contribution in [0.4, 0.5) is 0 Å². The van der Waals surface area contributed by atoms with Crippen LogP contribution in [0.25, 0.3) is 11.1 Å². The Kier molecular flexibility index (Phi) is 3.67. The summed E-state index contributed by atoms with van der Waals surface area (Å²) >= 11 is 0. The van der Waals surface area contributed by atoms with Crippen molar-refractivity contribution in [1.82, 2.24) is 9.78 Å². The predicted octanol–water partition coefficient (Wildman–Crippen LogP) is 1.91. The van der Waals surface area contributed by atoms with Gasteiger partial charge in [0.15, 0.2) is 0 Å². The van der Waals surface area contributed by atoms with Gasteiger partial charge in [0.1, 0.15) is 5.75 Å². The fourth-order valence-electron chi connectivity index (χ4n) is 2.14. The van der Waals surface area contributed by atoms with Gasteiger partial charge in [-0.1, -0.05) is 12.1 Å². The Morgan fingerprint density at radius 2 is 2.17 bits per heavy atom. The average Bonchev–Trinajstić information content (AvgIpc) is 2.65. The molecule has 96 valence electrons. The van der Waals surface area contributed by atoms with Crippen LogP contribution >= 0.6 is 0 Å². The molecule has 0 aliphatic rings. The maximum absolute atomic E-state index is 5.65. The zero-order chi connectivity index (χ0) is 13.1. The normalized spacial score (nSPS) is 10.7. The molecule has 0 unspecified atom stereocenters. The van der Waals surface area contributed by atoms with E-state index in [0.717, 1.165) is 29.1 Å². The highest BCUT2D eigenvalue weighted by molar-refractivity contribution is 5.70. The third-order valence-electron chi connectivity index (χ3n) is 3.15. The van der Waals surface area contributed by atoms with Crippen molar-refractivity contribution in [2.24, 2.45) is 12.8 Å². The molecule has 0 atom stereocenters. The number of methoxy groups -OCH3 is 1. The van der Waals surface area contributed by atoms with Crippen molar-refractivity contribution >= 4 is 0 Å². The molecule has 2 aromatic rings. The van der Waals surface area contributed by atoms with Gasteiger partial charge < -0.3 is 10.5 Å². The first-order valence-electron chi connectivity index (χ1n) is 6.04. The summed E-state index contributed by atoms with van der Waals surface area (Å²) in [7, 11) is 3.63. The molecule has 0 saturated carbocycles. The van der Waals surface area contributed by atoms with Gasteiger partial charge in [0, 0.05) is 24.7 Å². The van der Waals surface area contributed by atoms with Gasteiger partial charge in [0.05, 0.1) is 12.8 Å². The summed E-state index contributed by atoms with van der Waals surface area (Å²) in [5.74, 6) is 0.856. The second-order valence-corrected chi connectivity index (χ2v) is 4.30. The number of hydrogen-bond acceptors (Lipinski definition) is 3. The first-order chi connectivity index (χ1) is 8.67. The molecule has 0 saturated heterocycles. The number of nitrogens with two attached hydrogens (primary N) is 1. The molecule has 1 aromatic heterocycles. The molecule has 0 spiro atoms. The molecule has 0 aliphatic carbocycles. The lowest BCUT2D eigenvalue weighted by atomic mass is 10.0. The first-order valence-corrected chi connectivity index (χ1v) is 6.04. The number of aryl methyl sites for hydroxylation is 1. The van der Waals surface area contributed by atoms with E-state index < -0.39 is 0 Å². The summed E-state index contributed by atoms with van der Waals surface area (Å²) in [4.78, 5) is 0. The van der Waals surface area contributed by atoms with E-state index in [-0.39, 0.29) is 0 Å². The Morgan fingerprint density at radius 1 is 1.39 bits per heavy atom. The molecule has 1 heterocycles. The van der Waals surface area contributed by atoms with E-state index in [1.54, 1.807) is 7.11 Å². The van der Waals surface area contributed by atoms with Crippen molar-refractivity contribution in [3.05, 3.63) is 35.7 Å². The van der Waals surface area contributed by atoms with E-state index in [9.17, 15) is 0 Å². The van der Waals surface area contributed by atoms with Crippen molar-refractivity contribution in [3.63, 3.8) is 0 Å². The summed E-state index contributed by atoms with van der Waals surface area (Å²) in [5, 5.41) is 4.53. The zero-order valence-electron chi connectivity index (χ0n) is 11.1. The van der Waals surface area contributed by atoms with Crippen LogP contribution in [-0.2, 0) is 13.5 Å². The number of nitrogens with zero attached hydrogens (tertiary/aromatic N) is 2. The summed E-state index contributed by atoms with van der Waals surface area (Å²) in [6.07, 6.45) is 0.786. The molecule has 4 nitrogen and oxygen atoms in total. The minimum absolute atomic E-state index is 0.605. The Balaban J connectivity index is 2.54. The van der Waals surface area contributed by atoms with E-state index >= 15 is 0 Å².